The van der Waals surface area contributed by atoms with Crippen LogP contribution in [0.5, 0.6) is 0 Å². The molecule has 2 saturated heterocycles. The van der Waals surface area contributed by atoms with Crippen LogP contribution >= 0.6 is 0 Å². The summed E-state index contributed by atoms with van der Waals surface area (Å²) in [6.07, 6.45) is 3.64. The van der Waals surface area contributed by atoms with Gasteiger partial charge in [0.2, 0.25) is 5.91 Å². The molecule has 2 aromatic heterocycles. The van der Waals surface area contributed by atoms with Gasteiger partial charge >= 0.3 is 12.2 Å². The molecule has 0 radical (unpaired) electrons. The Morgan fingerprint density at radius 3 is 1.93 bits per heavy atom. The van der Waals surface area contributed by atoms with Crippen molar-refractivity contribution in [2.24, 2.45) is 17.6 Å². The van der Waals surface area contributed by atoms with E-state index in [4.69, 9.17) is 15.2 Å². The number of imidazole rings is 2. The lowest BCUT2D eigenvalue weighted by Crippen LogP contribution is -2.51. The van der Waals surface area contributed by atoms with Crippen LogP contribution in [0.1, 0.15) is 77.1 Å². The number of hydrogen-bond acceptors (Lipinski definition) is 8. The normalized spacial score (nSPS) is 18.2. The Bertz CT molecular complexity index is 1990. The molecule has 15 heteroatoms. The van der Waals surface area contributed by atoms with E-state index in [-0.39, 0.29) is 35.7 Å². The smallest absolute Gasteiger partial charge is 0.407 e. The van der Waals surface area contributed by atoms with E-state index in [0.717, 1.165) is 29.7 Å². The monoisotopic (exact) mass is 742 g/mol. The minimum absolute atomic E-state index is 0.157. The van der Waals surface area contributed by atoms with Gasteiger partial charge in [0, 0.05) is 18.7 Å². The van der Waals surface area contributed by atoms with Crippen molar-refractivity contribution in [2.45, 2.75) is 77.6 Å². The molecular weight excluding hydrogens is 695 g/mol. The second-order valence-electron chi connectivity index (χ2n) is 14.5. The Labute approximate surface area is 313 Å². The van der Waals surface area contributed by atoms with Gasteiger partial charge in [-0.3, -0.25) is 9.59 Å². The Kier molecular flexibility index (Phi) is 11.3. The zero-order valence-electron chi connectivity index (χ0n) is 31.1. The van der Waals surface area contributed by atoms with Crippen molar-refractivity contribution < 1.29 is 33.0 Å². The Morgan fingerprint density at radius 2 is 1.37 bits per heavy atom. The molecule has 0 bridgehead atoms. The van der Waals surface area contributed by atoms with Gasteiger partial charge in [0.15, 0.2) is 6.10 Å². The lowest BCUT2D eigenvalue weighted by atomic mass is 10.0. The van der Waals surface area contributed by atoms with Crippen LogP contribution in [0.25, 0.3) is 33.6 Å². The average Bonchev–Trinajstić information content (AvgIpc) is 3.98. The van der Waals surface area contributed by atoms with Gasteiger partial charge in [-0.05, 0) is 66.3 Å². The van der Waals surface area contributed by atoms with Crippen molar-refractivity contribution >= 4 is 24.0 Å². The van der Waals surface area contributed by atoms with Crippen molar-refractivity contribution in [1.29, 1.82) is 0 Å². The number of nitrogens with one attached hydrogen (secondary N) is 3. The first-order chi connectivity index (χ1) is 25.9. The first kappa shape index (κ1) is 38.0. The summed E-state index contributed by atoms with van der Waals surface area (Å²) in [5.41, 5.74) is 9.22. The zero-order chi connectivity index (χ0) is 38.7. The lowest BCUT2D eigenvalue weighted by Gasteiger charge is -2.30. The van der Waals surface area contributed by atoms with Gasteiger partial charge in [0.05, 0.1) is 43.0 Å². The molecular formula is C39H47FN8O6. The van der Waals surface area contributed by atoms with E-state index < -0.39 is 30.1 Å². The number of carbonyl (C=O) groups is 4. The predicted octanol–water partition coefficient (Wildman–Crippen LogP) is 6.10. The number of nitrogens with two attached hydrogens (primary N) is 1. The fraction of sp³-hybridized carbons (Fsp3) is 0.436. The number of nitrogens with zero attached hydrogens (tertiary/aromatic N) is 4. The number of hydrogen-bond donors (Lipinski definition) is 4. The van der Waals surface area contributed by atoms with Crippen molar-refractivity contribution in [1.82, 2.24) is 35.1 Å². The molecule has 4 aromatic rings. The zero-order valence-corrected chi connectivity index (χ0v) is 31.1. The number of benzene rings is 2. The fourth-order valence-electron chi connectivity index (χ4n) is 7.32. The molecule has 0 saturated carbocycles. The molecule has 5 N–H and O–H groups in total. The number of rotatable bonds is 11. The minimum Gasteiger partial charge on any atom is -0.453 e. The number of alkyl carbamates (subject to hydrolysis) is 1. The van der Waals surface area contributed by atoms with Crippen LogP contribution in [-0.2, 0) is 19.1 Å². The first-order valence-electron chi connectivity index (χ1n) is 18.3. The van der Waals surface area contributed by atoms with Gasteiger partial charge in [0.1, 0.15) is 23.5 Å². The molecule has 2 aliphatic heterocycles. The van der Waals surface area contributed by atoms with Gasteiger partial charge in [0.25, 0.3) is 5.91 Å². The third-order valence-electron chi connectivity index (χ3n) is 10.2. The second-order valence-corrected chi connectivity index (χ2v) is 14.5. The van der Waals surface area contributed by atoms with Gasteiger partial charge in [-0.15, -0.1) is 0 Å². The Morgan fingerprint density at radius 1 is 0.815 bits per heavy atom. The molecule has 6 rings (SSSR count). The number of primary amides is 1. The number of amides is 4. The Balaban J connectivity index is 1.13. The number of aromatic nitrogens is 4. The number of aromatic amines is 2. The molecule has 2 fully saturated rings. The van der Waals surface area contributed by atoms with Crippen molar-refractivity contribution in [3.05, 3.63) is 72.3 Å². The van der Waals surface area contributed by atoms with Gasteiger partial charge in [-0.1, -0.05) is 58.0 Å². The van der Waals surface area contributed by atoms with E-state index in [9.17, 15) is 19.2 Å². The van der Waals surface area contributed by atoms with Gasteiger partial charge in [-0.2, -0.15) is 0 Å². The van der Waals surface area contributed by atoms with Crippen molar-refractivity contribution in [3.63, 3.8) is 0 Å². The van der Waals surface area contributed by atoms with Crippen LogP contribution in [0, 0.1) is 17.7 Å². The molecule has 54 heavy (non-hydrogen) atoms. The summed E-state index contributed by atoms with van der Waals surface area (Å²) < 4.78 is 25.5. The van der Waals surface area contributed by atoms with Crippen LogP contribution in [-0.4, -0.2) is 86.1 Å². The van der Waals surface area contributed by atoms with Crippen molar-refractivity contribution in [3.8, 4) is 33.6 Å². The highest BCUT2D eigenvalue weighted by Gasteiger charge is 2.39. The molecule has 0 spiro atoms. The van der Waals surface area contributed by atoms with Crippen molar-refractivity contribution in [2.75, 3.05) is 20.2 Å². The standard InChI is InChI=1S/C39H47FN8O6/c1-21(2)32(46-39(52)53-5)36(49)47-16-6-8-30(47)35-43-20-29(45-35)26-15-14-25(18-27(26)40)23-10-12-24(13-11-23)28-19-42-34(44-28)31-9-7-17-48(31)37(50)33(22(3)4)54-38(41)51/h10-15,18-22,30-33H,6-9,16-17H2,1-5H3,(H2,41,51)(H,42,44)(H,43,45)(H,46,52)/t30?,31-,32-,33-/m0/s1. The van der Waals surface area contributed by atoms with E-state index >= 15 is 4.39 Å². The molecule has 4 amide bonds. The summed E-state index contributed by atoms with van der Waals surface area (Å²) in [5, 5.41) is 2.65. The van der Waals surface area contributed by atoms with Crippen LogP contribution in [0.4, 0.5) is 14.0 Å². The topological polar surface area (TPSA) is 189 Å². The van der Waals surface area contributed by atoms with Crippen LogP contribution in [0.3, 0.4) is 0 Å². The summed E-state index contributed by atoms with van der Waals surface area (Å²) >= 11 is 0. The molecule has 4 heterocycles. The van der Waals surface area contributed by atoms with E-state index in [1.165, 1.54) is 13.2 Å². The molecule has 286 valence electrons. The third kappa shape index (κ3) is 7.94. The predicted molar refractivity (Wildman–Crippen MR) is 198 cm³/mol. The third-order valence-corrected chi connectivity index (χ3v) is 10.2. The molecule has 14 nitrogen and oxygen atoms in total. The summed E-state index contributed by atoms with van der Waals surface area (Å²) in [4.78, 5) is 69.3. The molecule has 0 aliphatic carbocycles. The summed E-state index contributed by atoms with van der Waals surface area (Å²) in [6.45, 7) is 8.36. The maximum absolute atomic E-state index is 15.7. The quantitative estimate of drug-likeness (QED) is 0.142. The minimum atomic E-state index is -0.984. The number of carbonyl (C=O) groups excluding carboxylic acids is 4. The van der Waals surface area contributed by atoms with Crippen LogP contribution < -0.4 is 11.1 Å². The van der Waals surface area contributed by atoms with Crippen LogP contribution in [0.2, 0.25) is 0 Å². The summed E-state index contributed by atoms with van der Waals surface area (Å²) in [5.74, 6) is -0.137. The maximum Gasteiger partial charge on any atom is 0.407 e. The highest BCUT2D eigenvalue weighted by atomic mass is 19.1. The molecule has 1 unspecified atom stereocenters. The van der Waals surface area contributed by atoms with Gasteiger partial charge in [-0.25, -0.2) is 23.9 Å². The fourth-order valence-corrected chi connectivity index (χ4v) is 7.32. The van der Waals surface area contributed by atoms with Gasteiger partial charge < -0.3 is 40.3 Å². The number of halogens is 1. The number of H-pyrrole nitrogens is 2. The second kappa shape index (κ2) is 16.1. The molecule has 4 atom stereocenters. The average molecular weight is 743 g/mol. The molecule has 2 aromatic carbocycles. The van der Waals surface area contributed by atoms with Crippen LogP contribution in [0.15, 0.2) is 54.9 Å². The van der Waals surface area contributed by atoms with E-state index in [1.54, 1.807) is 42.1 Å². The molecule has 2 aliphatic rings. The first-order valence-corrected chi connectivity index (χ1v) is 18.3. The summed E-state index contributed by atoms with van der Waals surface area (Å²) in [6, 6.07) is 11.3. The van der Waals surface area contributed by atoms with E-state index in [1.807, 2.05) is 44.2 Å². The Hall–Kier alpha value is -5.73. The number of methoxy groups -OCH3 is 1. The lowest BCUT2D eigenvalue weighted by molar-refractivity contribution is -0.143. The SMILES string of the molecule is COC(=O)N[C@H](C(=O)N1CCCC1c1ncc(-c2ccc(-c3ccc(-c4cnc([C@@H]5CCCN5C(=O)[C@@H](OC(N)=O)C(C)C)[nH]4)cc3)cc2F)[nH]1)C(C)C. The number of likely N-dealkylation sites (tertiary alicyclic amines) is 2. The highest BCUT2D eigenvalue weighted by Crippen LogP contribution is 2.36. The summed E-state index contributed by atoms with van der Waals surface area (Å²) in [7, 11) is 1.26. The van der Waals surface area contributed by atoms with E-state index in [2.05, 4.69) is 25.3 Å². The highest BCUT2D eigenvalue weighted by molar-refractivity contribution is 5.86. The maximum atomic E-state index is 15.7. The number of ether oxygens (including phenoxy) is 2. The largest absolute Gasteiger partial charge is 0.453 e. The van der Waals surface area contributed by atoms with E-state index in [0.29, 0.717) is 54.4 Å².